The van der Waals surface area contributed by atoms with Gasteiger partial charge in [0, 0.05) is 30.4 Å². The van der Waals surface area contributed by atoms with Gasteiger partial charge in [0.05, 0.1) is 12.7 Å². The molecule has 1 amide bonds. The van der Waals surface area contributed by atoms with E-state index in [1.165, 1.54) is 0 Å². The molecule has 0 unspecified atom stereocenters. The first kappa shape index (κ1) is 12.8. The molecule has 1 N–H and O–H groups in total. The fraction of sp³-hybridized carbons (Fsp3) is 0.385. The van der Waals surface area contributed by atoms with Crippen molar-refractivity contribution in [3.63, 3.8) is 0 Å². The van der Waals surface area contributed by atoms with Crippen LogP contribution in [-0.2, 0) is 17.8 Å². The van der Waals surface area contributed by atoms with Gasteiger partial charge in [0.2, 0.25) is 5.91 Å². The summed E-state index contributed by atoms with van der Waals surface area (Å²) in [4.78, 5) is 16.7. The fourth-order valence-electron chi connectivity index (χ4n) is 1.70. The number of nitrogens with one attached hydrogen (secondary N) is 1. The minimum Gasteiger partial charge on any atom is -0.356 e. The summed E-state index contributed by atoms with van der Waals surface area (Å²) >= 11 is 1.62. The Morgan fingerprint density at radius 3 is 3.11 bits per heavy atom. The highest BCUT2D eigenvalue weighted by atomic mass is 32.1. The van der Waals surface area contributed by atoms with Crippen LogP contribution in [0.5, 0.6) is 0 Å². The van der Waals surface area contributed by atoms with Crippen LogP contribution in [0.2, 0.25) is 0 Å². The largest absolute Gasteiger partial charge is 0.356 e. The molecule has 0 aliphatic carbocycles. The molecular formula is C13H17N3OS. The van der Waals surface area contributed by atoms with Crippen LogP contribution in [0.1, 0.15) is 17.7 Å². The van der Waals surface area contributed by atoms with Crippen molar-refractivity contribution >= 4 is 17.2 Å². The molecular weight excluding hydrogens is 246 g/mol. The van der Waals surface area contributed by atoms with Gasteiger partial charge in [-0.3, -0.25) is 4.79 Å². The number of carbonyl (C=O) groups is 1. The maximum atomic E-state index is 11.6. The molecule has 0 radical (unpaired) electrons. The van der Waals surface area contributed by atoms with E-state index in [9.17, 15) is 4.79 Å². The highest BCUT2D eigenvalue weighted by molar-refractivity contribution is 7.10. The number of aryl methyl sites for hydroxylation is 1. The number of imidazole rings is 1. The highest BCUT2D eigenvalue weighted by Crippen LogP contribution is 2.08. The van der Waals surface area contributed by atoms with Crippen LogP contribution in [0.4, 0.5) is 0 Å². The molecule has 2 heterocycles. The summed E-state index contributed by atoms with van der Waals surface area (Å²) < 4.78 is 2.05. The molecule has 0 aliphatic rings. The molecule has 2 rings (SSSR count). The summed E-state index contributed by atoms with van der Waals surface area (Å²) in [6.45, 7) is 1.71. The number of unbranched alkanes of at least 4 members (excludes halogenated alkanes) is 1. The number of hydrogen-bond donors (Lipinski definition) is 1. The van der Waals surface area contributed by atoms with Gasteiger partial charge in [0.15, 0.2) is 0 Å². The first-order chi connectivity index (χ1) is 8.84. The third kappa shape index (κ3) is 4.33. The van der Waals surface area contributed by atoms with Crippen molar-refractivity contribution in [3.8, 4) is 0 Å². The number of nitrogens with zero attached hydrogens (tertiary/aromatic N) is 2. The van der Waals surface area contributed by atoms with Crippen LogP contribution in [0.25, 0.3) is 0 Å². The van der Waals surface area contributed by atoms with E-state index in [2.05, 4.69) is 10.3 Å². The van der Waals surface area contributed by atoms with Crippen molar-refractivity contribution in [1.29, 1.82) is 0 Å². The van der Waals surface area contributed by atoms with E-state index in [1.807, 2.05) is 34.6 Å². The van der Waals surface area contributed by atoms with Gasteiger partial charge in [0.25, 0.3) is 0 Å². The van der Waals surface area contributed by atoms with Gasteiger partial charge in [-0.15, -0.1) is 11.3 Å². The standard InChI is InChI=1S/C13H17N3OS/c17-13(10-12-4-3-9-18-12)15-5-1-2-7-16-8-6-14-11-16/h3-4,6,8-9,11H,1-2,5,7,10H2,(H,15,17). The molecule has 5 heteroatoms. The monoisotopic (exact) mass is 263 g/mol. The fourth-order valence-corrected chi connectivity index (χ4v) is 2.40. The Morgan fingerprint density at radius 1 is 1.44 bits per heavy atom. The van der Waals surface area contributed by atoms with Crippen LogP contribution in [0.3, 0.4) is 0 Å². The van der Waals surface area contributed by atoms with Crippen molar-refractivity contribution < 1.29 is 4.79 Å². The molecule has 0 saturated heterocycles. The molecule has 0 aliphatic heterocycles. The van der Waals surface area contributed by atoms with E-state index < -0.39 is 0 Å². The second-order valence-electron chi connectivity index (χ2n) is 4.11. The zero-order chi connectivity index (χ0) is 12.6. The van der Waals surface area contributed by atoms with E-state index in [-0.39, 0.29) is 5.91 Å². The number of rotatable bonds is 7. The molecule has 4 nitrogen and oxygen atoms in total. The SMILES string of the molecule is O=C(Cc1cccs1)NCCCCn1ccnc1. The van der Waals surface area contributed by atoms with Crippen molar-refractivity contribution in [1.82, 2.24) is 14.9 Å². The Balaban J connectivity index is 1.54. The lowest BCUT2D eigenvalue weighted by Crippen LogP contribution is -2.25. The molecule has 0 fully saturated rings. The molecule has 2 aromatic heterocycles. The summed E-state index contributed by atoms with van der Waals surface area (Å²) in [5.41, 5.74) is 0. The molecule has 96 valence electrons. The summed E-state index contributed by atoms with van der Waals surface area (Å²) in [6.07, 6.45) is 8.09. The minimum atomic E-state index is 0.111. The van der Waals surface area contributed by atoms with Crippen LogP contribution < -0.4 is 5.32 Å². The number of carbonyl (C=O) groups excluding carboxylic acids is 1. The average molecular weight is 263 g/mol. The summed E-state index contributed by atoms with van der Waals surface area (Å²) in [6, 6.07) is 3.96. The van der Waals surface area contributed by atoms with E-state index >= 15 is 0 Å². The molecule has 0 bridgehead atoms. The van der Waals surface area contributed by atoms with Crippen LogP contribution >= 0.6 is 11.3 Å². The molecule has 0 aromatic carbocycles. The first-order valence-electron chi connectivity index (χ1n) is 6.09. The number of aromatic nitrogens is 2. The maximum Gasteiger partial charge on any atom is 0.225 e. The maximum absolute atomic E-state index is 11.6. The van der Waals surface area contributed by atoms with Crippen molar-refractivity contribution in [2.75, 3.05) is 6.54 Å². The number of thiophene rings is 1. The lowest BCUT2D eigenvalue weighted by molar-refractivity contribution is -0.120. The predicted molar refractivity (Wildman–Crippen MR) is 72.5 cm³/mol. The third-order valence-corrected chi connectivity index (χ3v) is 3.52. The summed E-state index contributed by atoms with van der Waals surface area (Å²) in [5.74, 6) is 0.111. The number of amides is 1. The molecule has 0 atom stereocenters. The van der Waals surface area contributed by atoms with Gasteiger partial charge >= 0.3 is 0 Å². The van der Waals surface area contributed by atoms with Gasteiger partial charge in [-0.2, -0.15) is 0 Å². The Hall–Kier alpha value is -1.62. The van der Waals surface area contributed by atoms with Crippen molar-refractivity contribution in [2.24, 2.45) is 0 Å². The van der Waals surface area contributed by atoms with E-state index in [1.54, 1.807) is 17.5 Å². The quantitative estimate of drug-likeness (QED) is 0.777. The van der Waals surface area contributed by atoms with Gasteiger partial charge in [-0.05, 0) is 24.3 Å². The molecule has 2 aromatic rings. The Labute approximate surface area is 111 Å². The first-order valence-corrected chi connectivity index (χ1v) is 6.97. The van der Waals surface area contributed by atoms with Gasteiger partial charge in [0.1, 0.15) is 0 Å². The Morgan fingerprint density at radius 2 is 2.39 bits per heavy atom. The minimum absolute atomic E-state index is 0.111. The molecule has 0 spiro atoms. The summed E-state index contributed by atoms with van der Waals surface area (Å²) in [7, 11) is 0. The van der Waals surface area contributed by atoms with Gasteiger partial charge in [-0.25, -0.2) is 4.98 Å². The van der Waals surface area contributed by atoms with Gasteiger partial charge in [-0.1, -0.05) is 6.07 Å². The molecule has 18 heavy (non-hydrogen) atoms. The van der Waals surface area contributed by atoms with E-state index in [0.717, 1.165) is 30.8 Å². The average Bonchev–Trinajstić information content (AvgIpc) is 3.01. The Kier molecular flexibility index (Phi) is 4.96. The lowest BCUT2D eigenvalue weighted by Gasteiger charge is -2.04. The van der Waals surface area contributed by atoms with E-state index in [0.29, 0.717) is 6.42 Å². The van der Waals surface area contributed by atoms with Gasteiger partial charge < -0.3 is 9.88 Å². The Bertz CT molecular complexity index is 451. The highest BCUT2D eigenvalue weighted by Gasteiger charge is 2.02. The van der Waals surface area contributed by atoms with Crippen molar-refractivity contribution in [2.45, 2.75) is 25.8 Å². The van der Waals surface area contributed by atoms with Crippen LogP contribution in [0.15, 0.2) is 36.2 Å². The molecule has 0 saturated carbocycles. The number of hydrogen-bond acceptors (Lipinski definition) is 3. The van der Waals surface area contributed by atoms with Crippen LogP contribution in [-0.4, -0.2) is 22.0 Å². The van der Waals surface area contributed by atoms with Crippen LogP contribution in [0, 0.1) is 0 Å². The smallest absolute Gasteiger partial charge is 0.225 e. The topological polar surface area (TPSA) is 46.9 Å². The second kappa shape index (κ2) is 6.96. The zero-order valence-electron chi connectivity index (χ0n) is 10.2. The predicted octanol–water partition coefficient (Wildman–Crippen LogP) is 2.08. The van der Waals surface area contributed by atoms with E-state index in [4.69, 9.17) is 0 Å². The lowest BCUT2D eigenvalue weighted by atomic mass is 10.3. The van der Waals surface area contributed by atoms with Crippen molar-refractivity contribution in [3.05, 3.63) is 41.1 Å². The third-order valence-electron chi connectivity index (χ3n) is 2.64. The normalized spacial score (nSPS) is 10.4. The summed E-state index contributed by atoms with van der Waals surface area (Å²) in [5, 5.41) is 4.94. The second-order valence-corrected chi connectivity index (χ2v) is 5.15. The zero-order valence-corrected chi connectivity index (χ0v) is 11.0.